The molecule has 0 bridgehead atoms. The van der Waals surface area contributed by atoms with Crippen molar-refractivity contribution in [3.63, 3.8) is 0 Å². The third-order valence-corrected chi connectivity index (χ3v) is 2.11. The Morgan fingerprint density at radius 1 is 1.38 bits per heavy atom. The molecule has 0 spiro atoms. The summed E-state index contributed by atoms with van der Waals surface area (Å²) in [4.78, 5) is 10.6. The monoisotopic (exact) mass is 219 g/mol. The molecule has 1 aromatic heterocycles. The van der Waals surface area contributed by atoms with Crippen LogP contribution in [0.3, 0.4) is 0 Å². The first-order valence-corrected chi connectivity index (χ1v) is 4.55. The fraction of sp³-hybridized carbons (Fsp3) is 0.0909. The van der Waals surface area contributed by atoms with E-state index in [4.69, 9.17) is 9.84 Å². The van der Waals surface area contributed by atoms with E-state index in [1.807, 2.05) is 0 Å². The fourth-order valence-corrected chi connectivity index (χ4v) is 1.27. The van der Waals surface area contributed by atoms with Crippen molar-refractivity contribution in [2.45, 2.75) is 0 Å². The molecule has 0 saturated heterocycles. The highest BCUT2D eigenvalue weighted by Gasteiger charge is 2.11. The van der Waals surface area contributed by atoms with E-state index in [0.717, 1.165) is 11.3 Å². The number of aromatic nitrogens is 1. The summed E-state index contributed by atoms with van der Waals surface area (Å²) in [5.41, 5.74) is 1.26. The number of hydrogen-bond donors (Lipinski definition) is 1. The second-order valence-corrected chi connectivity index (χ2v) is 3.11. The summed E-state index contributed by atoms with van der Waals surface area (Å²) in [6.45, 7) is 0. The van der Waals surface area contributed by atoms with Crippen LogP contribution in [0.5, 0.6) is 5.75 Å². The molecule has 2 rings (SSSR count). The Balaban J connectivity index is 2.31. The Morgan fingerprint density at radius 3 is 2.56 bits per heavy atom. The number of benzene rings is 1. The third-order valence-electron chi connectivity index (χ3n) is 2.11. The number of methoxy groups -OCH3 is 1. The van der Waals surface area contributed by atoms with Gasteiger partial charge >= 0.3 is 5.97 Å². The molecule has 1 heterocycles. The van der Waals surface area contributed by atoms with Gasteiger partial charge in [0.05, 0.1) is 7.11 Å². The van der Waals surface area contributed by atoms with Gasteiger partial charge in [-0.2, -0.15) is 0 Å². The maximum absolute atomic E-state index is 10.6. The van der Waals surface area contributed by atoms with Crippen molar-refractivity contribution in [3.05, 3.63) is 36.1 Å². The first kappa shape index (κ1) is 10.2. The van der Waals surface area contributed by atoms with Gasteiger partial charge in [-0.25, -0.2) is 4.79 Å². The molecule has 0 aliphatic heterocycles. The normalized spacial score (nSPS) is 10.1. The van der Waals surface area contributed by atoms with Gasteiger partial charge in [0.15, 0.2) is 0 Å². The predicted molar refractivity (Wildman–Crippen MR) is 55.5 cm³/mol. The van der Waals surface area contributed by atoms with Crippen molar-refractivity contribution in [2.24, 2.45) is 0 Å². The molecule has 0 aliphatic rings. The van der Waals surface area contributed by atoms with Crippen molar-refractivity contribution in [1.82, 2.24) is 5.16 Å². The molecular weight excluding hydrogens is 210 g/mol. The lowest BCUT2D eigenvalue weighted by atomic mass is 10.1. The largest absolute Gasteiger partial charge is 0.497 e. The Bertz CT molecular complexity index is 501. The van der Waals surface area contributed by atoms with Crippen molar-refractivity contribution >= 4 is 5.97 Å². The Morgan fingerprint density at radius 2 is 2.06 bits per heavy atom. The molecule has 0 aliphatic carbocycles. The molecule has 82 valence electrons. The average molecular weight is 219 g/mol. The molecule has 16 heavy (non-hydrogen) atoms. The van der Waals surface area contributed by atoms with Crippen LogP contribution in [-0.4, -0.2) is 23.3 Å². The number of aromatic carboxylic acids is 1. The zero-order valence-corrected chi connectivity index (χ0v) is 8.51. The van der Waals surface area contributed by atoms with Gasteiger partial charge in [0.2, 0.25) is 5.76 Å². The molecule has 5 heteroatoms. The van der Waals surface area contributed by atoms with Gasteiger partial charge in [-0.15, -0.1) is 0 Å². The molecule has 0 amide bonds. The number of carboxylic acids is 1. The summed E-state index contributed by atoms with van der Waals surface area (Å²) < 4.78 is 9.67. The van der Waals surface area contributed by atoms with Crippen LogP contribution in [0.2, 0.25) is 0 Å². The topological polar surface area (TPSA) is 72.6 Å². The van der Waals surface area contributed by atoms with Crippen LogP contribution in [0.25, 0.3) is 11.3 Å². The summed E-state index contributed by atoms with van der Waals surface area (Å²) in [6, 6.07) is 8.48. The van der Waals surface area contributed by atoms with E-state index in [-0.39, 0.29) is 5.76 Å². The number of nitrogens with zero attached hydrogens (tertiary/aromatic N) is 1. The van der Waals surface area contributed by atoms with Gasteiger partial charge < -0.3 is 14.4 Å². The van der Waals surface area contributed by atoms with E-state index in [1.165, 1.54) is 6.07 Å². The van der Waals surface area contributed by atoms with Crippen molar-refractivity contribution in [3.8, 4) is 17.0 Å². The van der Waals surface area contributed by atoms with Gasteiger partial charge in [-0.05, 0) is 24.3 Å². The summed E-state index contributed by atoms with van der Waals surface area (Å²) in [7, 11) is 1.58. The van der Waals surface area contributed by atoms with Crippen molar-refractivity contribution < 1.29 is 19.2 Å². The van der Waals surface area contributed by atoms with Crippen LogP contribution in [-0.2, 0) is 0 Å². The van der Waals surface area contributed by atoms with E-state index in [0.29, 0.717) is 5.69 Å². The standard InChI is InChI=1S/C11H9NO4/c1-15-8-4-2-7(3-5-8)9-6-10(11(13)14)16-12-9/h2-6H,1H3,(H,13,14). The van der Waals surface area contributed by atoms with Gasteiger partial charge in [0, 0.05) is 11.6 Å². The molecular formula is C11H9NO4. The Labute approximate surface area is 91.3 Å². The number of hydrogen-bond acceptors (Lipinski definition) is 4. The highest BCUT2D eigenvalue weighted by molar-refractivity contribution is 5.85. The molecule has 5 nitrogen and oxygen atoms in total. The Kier molecular flexibility index (Phi) is 2.59. The highest BCUT2D eigenvalue weighted by atomic mass is 16.5. The average Bonchev–Trinajstić information content (AvgIpc) is 2.78. The fourth-order valence-electron chi connectivity index (χ4n) is 1.27. The van der Waals surface area contributed by atoms with Gasteiger partial charge in [0.25, 0.3) is 0 Å². The number of rotatable bonds is 3. The summed E-state index contributed by atoms with van der Waals surface area (Å²) in [6.07, 6.45) is 0. The minimum atomic E-state index is -1.13. The van der Waals surface area contributed by atoms with Crippen LogP contribution < -0.4 is 4.74 Å². The minimum Gasteiger partial charge on any atom is -0.497 e. The molecule has 0 saturated carbocycles. The summed E-state index contributed by atoms with van der Waals surface area (Å²) >= 11 is 0. The van der Waals surface area contributed by atoms with Crippen LogP contribution in [0.15, 0.2) is 34.9 Å². The first-order chi connectivity index (χ1) is 7.70. The van der Waals surface area contributed by atoms with E-state index < -0.39 is 5.97 Å². The van der Waals surface area contributed by atoms with Gasteiger partial charge in [-0.3, -0.25) is 0 Å². The number of carboxylic acid groups (broad SMARTS) is 1. The van der Waals surface area contributed by atoms with Crippen LogP contribution in [0.4, 0.5) is 0 Å². The molecule has 1 N–H and O–H groups in total. The molecule has 0 radical (unpaired) electrons. The zero-order valence-electron chi connectivity index (χ0n) is 8.51. The lowest BCUT2D eigenvalue weighted by molar-refractivity contribution is 0.0652. The first-order valence-electron chi connectivity index (χ1n) is 4.55. The molecule has 0 unspecified atom stereocenters. The molecule has 0 atom stereocenters. The molecule has 1 aromatic carbocycles. The van der Waals surface area contributed by atoms with E-state index in [1.54, 1.807) is 31.4 Å². The lowest BCUT2D eigenvalue weighted by Crippen LogP contribution is -1.91. The van der Waals surface area contributed by atoms with Crippen LogP contribution in [0.1, 0.15) is 10.6 Å². The second kappa shape index (κ2) is 4.06. The smallest absolute Gasteiger partial charge is 0.374 e. The van der Waals surface area contributed by atoms with Gasteiger partial charge in [0.1, 0.15) is 11.4 Å². The number of carbonyl (C=O) groups is 1. The predicted octanol–water partition coefficient (Wildman–Crippen LogP) is 2.05. The van der Waals surface area contributed by atoms with E-state index in [2.05, 4.69) is 9.68 Å². The minimum absolute atomic E-state index is 0.175. The van der Waals surface area contributed by atoms with Crippen molar-refractivity contribution in [2.75, 3.05) is 7.11 Å². The quantitative estimate of drug-likeness (QED) is 0.855. The third kappa shape index (κ3) is 1.88. The maximum atomic E-state index is 10.6. The summed E-state index contributed by atoms with van der Waals surface area (Å²) in [5, 5.41) is 12.3. The second-order valence-electron chi connectivity index (χ2n) is 3.11. The molecule has 2 aromatic rings. The van der Waals surface area contributed by atoms with Crippen LogP contribution in [0, 0.1) is 0 Å². The maximum Gasteiger partial charge on any atom is 0.374 e. The SMILES string of the molecule is COc1ccc(-c2cc(C(=O)O)on2)cc1. The summed E-state index contributed by atoms with van der Waals surface area (Å²) in [5.74, 6) is -0.580. The van der Waals surface area contributed by atoms with Crippen molar-refractivity contribution in [1.29, 1.82) is 0 Å². The van der Waals surface area contributed by atoms with Crippen LogP contribution >= 0.6 is 0 Å². The molecule has 0 fully saturated rings. The highest BCUT2D eigenvalue weighted by Crippen LogP contribution is 2.21. The zero-order chi connectivity index (χ0) is 11.5. The lowest BCUT2D eigenvalue weighted by Gasteiger charge is -1.99. The van der Waals surface area contributed by atoms with E-state index in [9.17, 15) is 4.79 Å². The van der Waals surface area contributed by atoms with Gasteiger partial charge in [-0.1, -0.05) is 5.16 Å². The van der Waals surface area contributed by atoms with E-state index >= 15 is 0 Å². The number of ether oxygens (including phenoxy) is 1. The Hall–Kier alpha value is -2.30.